The van der Waals surface area contributed by atoms with Crippen LogP contribution in [0.5, 0.6) is 0 Å². The molecule has 0 spiro atoms. The Labute approximate surface area is 101 Å². The van der Waals surface area contributed by atoms with E-state index in [2.05, 4.69) is 5.32 Å². The van der Waals surface area contributed by atoms with Crippen molar-refractivity contribution in [3.63, 3.8) is 0 Å². The second-order valence-electron chi connectivity index (χ2n) is 4.74. The van der Waals surface area contributed by atoms with Crippen LogP contribution in [0, 0.1) is 5.41 Å². The smallest absolute Gasteiger partial charge is 0.332 e. The number of amides is 1. The standard InChI is InChI=1S/C12H21NO4/c1-2-12(6-3-4-7-12)11(17)13-8-5-9(14)10(15)16/h9,14H,2-8H2,1H3,(H,13,17)(H,15,16)/t9-/m0/s1. The molecule has 1 aliphatic carbocycles. The SMILES string of the molecule is CCC1(C(=O)NCC[C@H](O)C(=O)O)CCCC1. The summed E-state index contributed by atoms with van der Waals surface area (Å²) in [5, 5.41) is 20.3. The number of nitrogens with one attached hydrogen (secondary N) is 1. The van der Waals surface area contributed by atoms with Crippen molar-refractivity contribution in [2.75, 3.05) is 6.54 Å². The van der Waals surface area contributed by atoms with E-state index in [-0.39, 0.29) is 24.3 Å². The van der Waals surface area contributed by atoms with E-state index in [1.54, 1.807) is 0 Å². The number of aliphatic hydroxyl groups is 1. The summed E-state index contributed by atoms with van der Waals surface area (Å²) in [5.74, 6) is -1.24. The Hall–Kier alpha value is -1.10. The molecule has 5 heteroatoms. The van der Waals surface area contributed by atoms with Gasteiger partial charge >= 0.3 is 5.97 Å². The Bertz CT molecular complexity index is 284. The van der Waals surface area contributed by atoms with Crippen LogP contribution in [0.2, 0.25) is 0 Å². The molecular weight excluding hydrogens is 222 g/mol. The minimum Gasteiger partial charge on any atom is -0.479 e. The molecule has 0 heterocycles. The monoisotopic (exact) mass is 243 g/mol. The molecular formula is C12H21NO4. The highest BCUT2D eigenvalue weighted by molar-refractivity contribution is 5.82. The van der Waals surface area contributed by atoms with Gasteiger partial charge in [0.25, 0.3) is 0 Å². The van der Waals surface area contributed by atoms with Crippen LogP contribution in [-0.2, 0) is 9.59 Å². The molecule has 0 radical (unpaired) electrons. The fourth-order valence-electron chi connectivity index (χ4n) is 2.43. The highest BCUT2D eigenvalue weighted by Gasteiger charge is 2.38. The first kappa shape index (κ1) is 14.0. The Morgan fingerprint density at radius 1 is 1.35 bits per heavy atom. The topological polar surface area (TPSA) is 86.6 Å². The summed E-state index contributed by atoms with van der Waals surface area (Å²) in [7, 11) is 0. The third-order valence-electron chi connectivity index (χ3n) is 3.71. The fourth-order valence-corrected chi connectivity index (χ4v) is 2.43. The maximum absolute atomic E-state index is 12.0. The third-order valence-corrected chi connectivity index (χ3v) is 3.71. The van der Waals surface area contributed by atoms with Gasteiger partial charge in [0.15, 0.2) is 6.10 Å². The molecule has 0 aromatic rings. The Balaban J connectivity index is 2.36. The van der Waals surface area contributed by atoms with Gasteiger partial charge in [-0.15, -0.1) is 0 Å². The number of carboxylic acids is 1. The van der Waals surface area contributed by atoms with Gasteiger partial charge in [-0.05, 0) is 19.3 Å². The summed E-state index contributed by atoms with van der Waals surface area (Å²) in [6.45, 7) is 2.23. The van der Waals surface area contributed by atoms with E-state index < -0.39 is 12.1 Å². The first-order chi connectivity index (χ1) is 8.02. The maximum Gasteiger partial charge on any atom is 0.332 e. The molecule has 0 unspecified atom stereocenters. The lowest BCUT2D eigenvalue weighted by Gasteiger charge is -2.26. The normalized spacial score (nSPS) is 19.9. The van der Waals surface area contributed by atoms with Crippen LogP contribution >= 0.6 is 0 Å². The van der Waals surface area contributed by atoms with E-state index in [0.29, 0.717) is 0 Å². The van der Waals surface area contributed by atoms with Crippen LogP contribution in [-0.4, -0.2) is 34.7 Å². The van der Waals surface area contributed by atoms with Crippen molar-refractivity contribution in [2.24, 2.45) is 5.41 Å². The quantitative estimate of drug-likeness (QED) is 0.647. The van der Waals surface area contributed by atoms with Crippen molar-refractivity contribution in [3.8, 4) is 0 Å². The van der Waals surface area contributed by atoms with Gasteiger partial charge in [-0.3, -0.25) is 4.79 Å². The largest absolute Gasteiger partial charge is 0.479 e. The van der Waals surface area contributed by atoms with Gasteiger partial charge in [0, 0.05) is 18.4 Å². The van der Waals surface area contributed by atoms with Gasteiger partial charge in [0.2, 0.25) is 5.91 Å². The molecule has 1 rings (SSSR count). The molecule has 1 fully saturated rings. The van der Waals surface area contributed by atoms with E-state index in [0.717, 1.165) is 32.1 Å². The van der Waals surface area contributed by atoms with Gasteiger partial charge in [-0.1, -0.05) is 19.8 Å². The number of carbonyl (C=O) groups excluding carboxylic acids is 1. The van der Waals surface area contributed by atoms with Gasteiger partial charge < -0.3 is 15.5 Å². The van der Waals surface area contributed by atoms with Crippen molar-refractivity contribution >= 4 is 11.9 Å². The lowest BCUT2D eigenvalue weighted by atomic mass is 9.82. The zero-order valence-corrected chi connectivity index (χ0v) is 10.2. The van der Waals surface area contributed by atoms with Crippen molar-refractivity contribution in [1.29, 1.82) is 0 Å². The number of rotatable bonds is 6. The van der Waals surface area contributed by atoms with Crippen LogP contribution < -0.4 is 5.32 Å². The second-order valence-corrected chi connectivity index (χ2v) is 4.74. The maximum atomic E-state index is 12.0. The Morgan fingerprint density at radius 2 is 1.94 bits per heavy atom. The summed E-state index contributed by atoms with van der Waals surface area (Å²) in [5.41, 5.74) is -0.256. The van der Waals surface area contributed by atoms with E-state index in [4.69, 9.17) is 10.2 Å². The first-order valence-electron chi connectivity index (χ1n) is 6.21. The lowest BCUT2D eigenvalue weighted by molar-refractivity contribution is -0.147. The summed E-state index contributed by atoms with van der Waals surface area (Å²) in [6.07, 6.45) is 3.48. The Morgan fingerprint density at radius 3 is 2.41 bits per heavy atom. The second kappa shape index (κ2) is 6.00. The zero-order chi connectivity index (χ0) is 12.9. The summed E-state index contributed by atoms with van der Waals surface area (Å²) in [4.78, 5) is 22.4. The number of hydrogen-bond donors (Lipinski definition) is 3. The molecule has 3 N–H and O–H groups in total. The van der Waals surface area contributed by atoms with E-state index in [1.165, 1.54) is 0 Å². The molecule has 1 saturated carbocycles. The van der Waals surface area contributed by atoms with Crippen LogP contribution in [0.1, 0.15) is 45.4 Å². The molecule has 98 valence electrons. The average Bonchev–Trinajstić information content (AvgIpc) is 2.78. The summed E-state index contributed by atoms with van der Waals surface area (Å²) >= 11 is 0. The van der Waals surface area contributed by atoms with Gasteiger partial charge in [-0.25, -0.2) is 4.79 Å². The predicted molar refractivity (Wildman–Crippen MR) is 62.5 cm³/mol. The predicted octanol–water partition coefficient (Wildman–Crippen LogP) is 0.909. The molecule has 1 aliphatic rings. The molecule has 0 bridgehead atoms. The molecule has 1 amide bonds. The number of hydrogen-bond acceptors (Lipinski definition) is 3. The number of carbonyl (C=O) groups is 2. The molecule has 0 aliphatic heterocycles. The third kappa shape index (κ3) is 3.43. The fraction of sp³-hybridized carbons (Fsp3) is 0.833. The number of aliphatic carboxylic acids is 1. The van der Waals surface area contributed by atoms with Gasteiger partial charge in [0.1, 0.15) is 0 Å². The molecule has 5 nitrogen and oxygen atoms in total. The number of carboxylic acid groups (broad SMARTS) is 1. The highest BCUT2D eigenvalue weighted by Crippen LogP contribution is 2.40. The summed E-state index contributed by atoms with van der Waals surface area (Å²) < 4.78 is 0. The van der Waals surface area contributed by atoms with Crippen LogP contribution in [0.4, 0.5) is 0 Å². The molecule has 0 aromatic heterocycles. The van der Waals surface area contributed by atoms with E-state index in [1.807, 2.05) is 6.92 Å². The minimum atomic E-state index is -1.39. The van der Waals surface area contributed by atoms with Gasteiger partial charge in [0.05, 0.1) is 0 Å². The number of aliphatic hydroxyl groups excluding tert-OH is 1. The van der Waals surface area contributed by atoms with Crippen LogP contribution in [0.15, 0.2) is 0 Å². The van der Waals surface area contributed by atoms with Crippen LogP contribution in [0.25, 0.3) is 0 Å². The van der Waals surface area contributed by atoms with Crippen LogP contribution in [0.3, 0.4) is 0 Å². The van der Waals surface area contributed by atoms with Crippen molar-refractivity contribution in [3.05, 3.63) is 0 Å². The van der Waals surface area contributed by atoms with Gasteiger partial charge in [-0.2, -0.15) is 0 Å². The van der Waals surface area contributed by atoms with Crippen molar-refractivity contribution in [1.82, 2.24) is 5.32 Å². The first-order valence-corrected chi connectivity index (χ1v) is 6.21. The van der Waals surface area contributed by atoms with Crippen molar-refractivity contribution in [2.45, 2.75) is 51.6 Å². The molecule has 17 heavy (non-hydrogen) atoms. The van der Waals surface area contributed by atoms with Crippen molar-refractivity contribution < 1.29 is 19.8 Å². The average molecular weight is 243 g/mol. The molecule has 0 saturated heterocycles. The highest BCUT2D eigenvalue weighted by atomic mass is 16.4. The Kier molecular flexibility index (Phi) is 4.93. The molecule has 0 aromatic carbocycles. The lowest BCUT2D eigenvalue weighted by Crippen LogP contribution is -2.40. The van der Waals surface area contributed by atoms with E-state index >= 15 is 0 Å². The minimum absolute atomic E-state index is 0.00934. The summed E-state index contributed by atoms with van der Waals surface area (Å²) in [6, 6.07) is 0. The van der Waals surface area contributed by atoms with E-state index in [9.17, 15) is 9.59 Å². The molecule has 1 atom stereocenters. The zero-order valence-electron chi connectivity index (χ0n) is 10.2.